The van der Waals surface area contributed by atoms with Crippen molar-refractivity contribution in [3.63, 3.8) is 0 Å². The van der Waals surface area contributed by atoms with Gasteiger partial charge < -0.3 is 18.5 Å². The van der Waals surface area contributed by atoms with E-state index in [0.717, 1.165) is 100 Å². The van der Waals surface area contributed by atoms with E-state index >= 15 is 0 Å². The van der Waals surface area contributed by atoms with E-state index in [1.54, 1.807) is 0 Å². The van der Waals surface area contributed by atoms with E-state index in [1.165, 1.54) is 10.8 Å². The maximum Gasteiger partial charge on any atom is 0.260 e. The Morgan fingerprint density at radius 3 is 1.66 bits per heavy atom. The van der Waals surface area contributed by atoms with Crippen LogP contribution in [0.3, 0.4) is 0 Å². The summed E-state index contributed by atoms with van der Waals surface area (Å²) in [5, 5.41) is 4.53. The van der Waals surface area contributed by atoms with Crippen molar-refractivity contribution in [2.75, 3.05) is 0 Å². The highest BCUT2D eigenvalue weighted by atomic mass is 16.5. The molecule has 0 atom stereocenters. The van der Waals surface area contributed by atoms with Gasteiger partial charge in [-0.15, -0.1) is 0 Å². The lowest BCUT2D eigenvalue weighted by Crippen LogP contribution is -2.57. The molecule has 4 nitrogen and oxygen atoms in total. The number of hydrogen-bond acceptors (Lipinski definition) is 3. The molecule has 0 unspecified atom stereocenters. The zero-order chi connectivity index (χ0) is 34.6. The fraction of sp³-hybridized carbons (Fsp3) is 0. The molecule has 0 fully saturated rings. The first-order valence-electron chi connectivity index (χ1n) is 18.0. The van der Waals surface area contributed by atoms with E-state index in [4.69, 9.17) is 13.9 Å². The van der Waals surface area contributed by atoms with Gasteiger partial charge in [0.2, 0.25) is 0 Å². The minimum atomic E-state index is -0.0566. The molecule has 0 spiro atoms. The molecule has 0 N–H and O–H groups in total. The van der Waals surface area contributed by atoms with E-state index in [-0.39, 0.29) is 6.71 Å². The van der Waals surface area contributed by atoms with Gasteiger partial charge in [0.1, 0.15) is 34.2 Å². The molecule has 0 radical (unpaired) electrons. The van der Waals surface area contributed by atoms with Crippen LogP contribution in [0.15, 0.2) is 174 Å². The average molecular weight is 678 g/mol. The van der Waals surface area contributed by atoms with Crippen LogP contribution in [0.4, 0.5) is 0 Å². The minimum Gasteiger partial charge on any atom is -0.458 e. The van der Waals surface area contributed by atoms with Crippen molar-refractivity contribution in [2.45, 2.75) is 0 Å². The van der Waals surface area contributed by atoms with Crippen molar-refractivity contribution in [1.29, 1.82) is 0 Å². The van der Waals surface area contributed by atoms with Crippen LogP contribution in [-0.2, 0) is 0 Å². The smallest absolute Gasteiger partial charge is 0.260 e. The van der Waals surface area contributed by atoms with Gasteiger partial charge >= 0.3 is 0 Å². The number of rotatable bonds is 3. The predicted octanol–water partition coefficient (Wildman–Crippen LogP) is 10.7. The molecular formula is C48H28BNO3. The van der Waals surface area contributed by atoms with Crippen LogP contribution in [-0.4, -0.2) is 11.3 Å². The fourth-order valence-corrected chi connectivity index (χ4v) is 8.76. The summed E-state index contributed by atoms with van der Waals surface area (Å²) in [4.78, 5) is 0. The number of aromatic nitrogens is 1. The van der Waals surface area contributed by atoms with Crippen LogP contribution in [0.1, 0.15) is 0 Å². The Balaban J connectivity index is 1.14. The van der Waals surface area contributed by atoms with Crippen LogP contribution in [0, 0.1) is 0 Å². The molecule has 4 heterocycles. The third-order valence-electron chi connectivity index (χ3n) is 11.1. The maximum absolute atomic E-state index is 6.99. The molecule has 10 aromatic rings. The van der Waals surface area contributed by atoms with Crippen molar-refractivity contribution in [3.05, 3.63) is 170 Å². The van der Waals surface area contributed by atoms with Gasteiger partial charge in [-0.25, -0.2) is 0 Å². The van der Waals surface area contributed by atoms with Crippen molar-refractivity contribution >= 4 is 66.8 Å². The summed E-state index contributed by atoms with van der Waals surface area (Å²) in [6, 6.07) is 59.9. The fourth-order valence-electron chi connectivity index (χ4n) is 8.76. The predicted molar refractivity (Wildman–Crippen MR) is 217 cm³/mol. The van der Waals surface area contributed by atoms with E-state index in [2.05, 4.69) is 162 Å². The van der Waals surface area contributed by atoms with Gasteiger partial charge in [-0.1, -0.05) is 121 Å². The van der Waals surface area contributed by atoms with Crippen molar-refractivity contribution < 1.29 is 13.9 Å². The Kier molecular flexibility index (Phi) is 5.83. The summed E-state index contributed by atoms with van der Waals surface area (Å²) >= 11 is 0. The molecule has 12 rings (SSSR count). The SMILES string of the molecule is c1ccc(-c2ccc3c(c2)Oc2cc(-n4c5ccccc5c5ccc6oc7ccccc7c6c54)cc4c2B3c2ccc(-c3ccccc3)cc2O4)cc1. The van der Waals surface area contributed by atoms with Crippen molar-refractivity contribution in [1.82, 2.24) is 4.57 Å². The summed E-state index contributed by atoms with van der Waals surface area (Å²) < 4.78 is 22.8. The van der Waals surface area contributed by atoms with Crippen LogP contribution in [0.2, 0.25) is 0 Å². The number of benzene rings is 8. The molecule has 0 saturated heterocycles. The molecule has 0 bridgehead atoms. The highest BCUT2D eigenvalue weighted by molar-refractivity contribution is 6.98. The van der Waals surface area contributed by atoms with E-state index in [0.29, 0.717) is 0 Å². The molecule has 5 heteroatoms. The molecule has 2 aliphatic rings. The van der Waals surface area contributed by atoms with E-state index in [9.17, 15) is 0 Å². The van der Waals surface area contributed by atoms with Gasteiger partial charge in [0.25, 0.3) is 6.71 Å². The number of hydrogen-bond donors (Lipinski definition) is 0. The Bertz CT molecular complexity index is 3010. The third kappa shape index (κ3) is 4.13. The first-order chi connectivity index (χ1) is 26.3. The highest BCUT2D eigenvalue weighted by Crippen LogP contribution is 2.44. The van der Waals surface area contributed by atoms with Crippen molar-refractivity contribution in [2.24, 2.45) is 0 Å². The second-order valence-corrected chi connectivity index (χ2v) is 14.0. The third-order valence-corrected chi connectivity index (χ3v) is 11.1. The Hall–Kier alpha value is -6.98. The number of furan rings is 1. The lowest BCUT2D eigenvalue weighted by Gasteiger charge is -2.34. The summed E-state index contributed by atoms with van der Waals surface area (Å²) in [7, 11) is 0. The monoisotopic (exact) mass is 677 g/mol. The van der Waals surface area contributed by atoms with Gasteiger partial charge in [-0.3, -0.25) is 0 Å². The quantitative estimate of drug-likeness (QED) is 0.175. The summed E-state index contributed by atoms with van der Waals surface area (Å²) in [6.07, 6.45) is 0. The van der Waals surface area contributed by atoms with Gasteiger partial charge in [0, 0.05) is 33.8 Å². The summed E-state index contributed by atoms with van der Waals surface area (Å²) in [5.74, 6) is 3.32. The largest absolute Gasteiger partial charge is 0.458 e. The standard InChI is InChI=1S/C48H28BNO3/c1-3-11-29(12-4-1)31-19-22-37-42(25-31)52-44-27-33(28-45-47(44)49(37)38-23-20-32(26-43(38)53-45)30-13-5-2-6-14-30)50-39-17-9-7-15-34(39)35-21-24-41-46(48(35)50)36-16-8-10-18-40(36)51-41/h1-28H. The van der Waals surface area contributed by atoms with Crippen LogP contribution < -0.4 is 25.9 Å². The molecule has 2 aromatic heterocycles. The molecular weight excluding hydrogens is 649 g/mol. The number of ether oxygens (including phenoxy) is 2. The normalized spacial score (nSPS) is 12.8. The van der Waals surface area contributed by atoms with Crippen LogP contribution in [0.25, 0.3) is 71.7 Å². The lowest BCUT2D eigenvalue weighted by atomic mass is 9.34. The van der Waals surface area contributed by atoms with Crippen LogP contribution >= 0.6 is 0 Å². The van der Waals surface area contributed by atoms with E-state index in [1.807, 2.05) is 12.1 Å². The Labute approximate surface area is 305 Å². The Morgan fingerprint density at radius 2 is 1.00 bits per heavy atom. The molecule has 246 valence electrons. The average Bonchev–Trinajstić information content (AvgIpc) is 3.76. The van der Waals surface area contributed by atoms with Gasteiger partial charge in [-0.05, 0) is 69.6 Å². The van der Waals surface area contributed by atoms with Crippen molar-refractivity contribution in [3.8, 4) is 50.9 Å². The lowest BCUT2D eigenvalue weighted by molar-refractivity contribution is 0.464. The molecule has 0 amide bonds. The first-order valence-corrected chi connectivity index (χ1v) is 18.0. The molecule has 2 aliphatic heterocycles. The van der Waals surface area contributed by atoms with Gasteiger partial charge in [0.15, 0.2) is 0 Å². The summed E-state index contributed by atoms with van der Waals surface area (Å²) in [5.41, 5.74) is 12.8. The van der Waals surface area contributed by atoms with Gasteiger partial charge in [-0.2, -0.15) is 0 Å². The minimum absolute atomic E-state index is 0.0566. The summed E-state index contributed by atoms with van der Waals surface area (Å²) in [6.45, 7) is -0.0566. The second-order valence-electron chi connectivity index (χ2n) is 14.0. The van der Waals surface area contributed by atoms with Gasteiger partial charge in [0.05, 0.1) is 22.1 Å². The number of fused-ring (bicyclic) bond motifs is 11. The zero-order valence-corrected chi connectivity index (χ0v) is 28.4. The highest BCUT2D eigenvalue weighted by Gasteiger charge is 2.41. The Morgan fingerprint density at radius 1 is 0.415 bits per heavy atom. The number of nitrogens with zero attached hydrogens (tertiary/aromatic N) is 1. The number of para-hydroxylation sites is 2. The molecule has 53 heavy (non-hydrogen) atoms. The molecule has 8 aromatic carbocycles. The van der Waals surface area contributed by atoms with E-state index < -0.39 is 0 Å². The first kappa shape index (κ1) is 28.7. The molecule has 0 saturated carbocycles. The van der Waals surface area contributed by atoms with Crippen LogP contribution in [0.5, 0.6) is 23.0 Å². The zero-order valence-electron chi connectivity index (χ0n) is 28.4. The topological polar surface area (TPSA) is 36.5 Å². The molecule has 0 aliphatic carbocycles. The maximum atomic E-state index is 6.99. The second kappa shape index (κ2) is 10.8.